The van der Waals surface area contributed by atoms with E-state index >= 15 is 0 Å². The zero-order valence-corrected chi connectivity index (χ0v) is 15.3. The molecule has 132 valence electrons. The number of methoxy groups -OCH3 is 3. The number of benzene rings is 2. The summed E-state index contributed by atoms with van der Waals surface area (Å²) in [5.41, 5.74) is 1.41. The Morgan fingerprint density at radius 1 is 0.960 bits per heavy atom. The molecular formula is C19H20ClNO4. The minimum Gasteiger partial charge on any atom is -0.496 e. The van der Waals surface area contributed by atoms with Crippen LogP contribution >= 0.6 is 11.6 Å². The average molecular weight is 362 g/mol. The molecule has 0 aliphatic rings. The zero-order valence-electron chi connectivity index (χ0n) is 14.6. The molecule has 1 amide bonds. The van der Waals surface area contributed by atoms with Crippen LogP contribution in [0.15, 0.2) is 42.5 Å². The third-order valence-electron chi connectivity index (χ3n) is 3.68. The van der Waals surface area contributed by atoms with E-state index in [4.69, 9.17) is 25.8 Å². The van der Waals surface area contributed by atoms with Gasteiger partial charge in [-0.1, -0.05) is 11.6 Å². The number of anilines is 1. The van der Waals surface area contributed by atoms with Gasteiger partial charge in [0.1, 0.15) is 5.75 Å². The molecule has 0 saturated carbocycles. The number of hydrogen-bond donors (Lipinski definition) is 0. The Bertz CT molecular complexity index is 789. The van der Waals surface area contributed by atoms with Gasteiger partial charge in [-0.05, 0) is 36.4 Å². The molecule has 0 aromatic heterocycles. The fraction of sp³-hybridized carbons (Fsp3) is 0.211. The maximum atomic E-state index is 12.4. The van der Waals surface area contributed by atoms with Crippen molar-refractivity contribution in [3.05, 3.63) is 53.1 Å². The summed E-state index contributed by atoms with van der Waals surface area (Å²) in [6, 6.07) is 10.5. The van der Waals surface area contributed by atoms with Crippen molar-refractivity contribution in [3.8, 4) is 17.2 Å². The van der Waals surface area contributed by atoms with Gasteiger partial charge in [-0.3, -0.25) is 4.79 Å². The number of likely N-dealkylation sites (N-methyl/N-ethyl adjacent to an activating group) is 1. The van der Waals surface area contributed by atoms with Crippen molar-refractivity contribution in [2.24, 2.45) is 0 Å². The SMILES string of the molecule is COc1ccc(Cl)cc1/C=C/C(=O)N(C)c1ccc(OC)c(OC)c1. The Morgan fingerprint density at radius 3 is 2.24 bits per heavy atom. The van der Waals surface area contributed by atoms with E-state index in [9.17, 15) is 4.79 Å². The molecule has 0 spiro atoms. The Kier molecular flexibility index (Phi) is 6.31. The van der Waals surface area contributed by atoms with Crippen LogP contribution < -0.4 is 19.1 Å². The van der Waals surface area contributed by atoms with E-state index in [1.54, 1.807) is 70.9 Å². The maximum Gasteiger partial charge on any atom is 0.250 e. The lowest BCUT2D eigenvalue weighted by atomic mass is 10.2. The first-order chi connectivity index (χ1) is 12.0. The number of nitrogens with zero attached hydrogens (tertiary/aromatic N) is 1. The van der Waals surface area contributed by atoms with E-state index in [1.165, 1.54) is 11.0 Å². The highest BCUT2D eigenvalue weighted by molar-refractivity contribution is 6.30. The standard InChI is InChI=1S/C19H20ClNO4/c1-21(15-7-9-17(24-3)18(12-15)25-4)19(22)10-5-13-11-14(20)6-8-16(13)23-2/h5-12H,1-4H3/b10-5+. The predicted octanol–water partition coefficient (Wildman–Crippen LogP) is 4.04. The summed E-state index contributed by atoms with van der Waals surface area (Å²) in [5, 5.41) is 0.571. The van der Waals surface area contributed by atoms with Crippen LogP contribution in [0.25, 0.3) is 6.08 Å². The normalized spacial score (nSPS) is 10.6. The number of rotatable bonds is 6. The van der Waals surface area contributed by atoms with Crippen LogP contribution in [-0.2, 0) is 4.79 Å². The van der Waals surface area contributed by atoms with Crippen molar-refractivity contribution in [2.75, 3.05) is 33.3 Å². The van der Waals surface area contributed by atoms with Gasteiger partial charge in [0.05, 0.1) is 21.3 Å². The molecule has 2 aromatic carbocycles. The second kappa shape index (κ2) is 8.44. The Hall–Kier alpha value is -2.66. The molecule has 0 fully saturated rings. The summed E-state index contributed by atoms with van der Waals surface area (Å²) >= 11 is 6.00. The minimum atomic E-state index is -0.200. The van der Waals surface area contributed by atoms with Crippen molar-refractivity contribution < 1.29 is 19.0 Å². The monoisotopic (exact) mass is 361 g/mol. The molecule has 0 atom stereocenters. The lowest BCUT2D eigenvalue weighted by Crippen LogP contribution is -2.23. The predicted molar refractivity (Wildman–Crippen MR) is 100.0 cm³/mol. The van der Waals surface area contributed by atoms with E-state index in [0.717, 1.165) is 5.56 Å². The molecule has 0 unspecified atom stereocenters. The summed E-state index contributed by atoms with van der Waals surface area (Å²) in [6.45, 7) is 0. The number of ether oxygens (including phenoxy) is 3. The number of halogens is 1. The second-order valence-electron chi connectivity index (χ2n) is 5.16. The van der Waals surface area contributed by atoms with Crippen LogP contribution in [0, 0.1) is 0 Å². The zero-order chi connectivity index (χ0) is 18.4. The van der Waals surface area contributed by atoms with E-state index in [-0.39, 0.29) is 5.91 Å². The van der Waals surface area contributed by atoms with Gasteiger partial charge in [-0.15, -0.1) is 0 Å². The van der Waals surface area contributed by atoms with E-state index < -0.39 is 0 Å². The number of hydrogen-bond acceptors (Lipinski definition) is 4. The minimum absolute atomic E-state index is 0.200. The molecule has 25 heavy (non-hydrogen) atoms. The lowest BCUT2D eigenvalue weighted by molar-refractivity contribution is -0.113. The molecule has 0 N–H and O–H groups in total. The van der Waals surface area contributed by atoms with Crippen molar-refractivity contribution in [1.82, 2.24) is 0 Å². The van der Waals surface area contributed by atoms with Crippen molar-refractivity contribution >= 4 is 29.3 Å². The van der Waals surface area contributed by atoms with Gasteiger partial charge in [0.2, 0.25) is 0 Å². The van der Waals surface area contributed by atoms with Gasteiger partial charge in [-0.25, -0.2) is 0 Å². The first-order valence-electron chi connectivity index (χ1n) is 7.51. The van der Waals surface area contributed by atoms with Gasteiger partial charge in [0, 0.05) is 35.5 Å². The van der Waals surface area contributed by atoms with Crippen LogP contribution in [0.3, 0.4) is 0 Å². The van der Waals surface area contributed by atoms with Gasteiger partial charge < -0.3 is 19.1 Å². The van der Waals surface area contributed by atoms with E-state index in [0.29, 0.717) is 28.0 Å². The topological polar surface area (TPSA) is 48.0 Å². The van der Waals surface area contributed by atoms with Gasteiger partial charge >= 0.3 is 0 Å². The van der Waals surface area contributed by atoms with Crippen LogP contribution in [0.1, 0.15) is 5.56 Å². The van der Waals surface area contributed by atoms with Gasteiger partial charge in [-0.2, -0.15) is 0 Å². The summed E-state index contributed by atoms with van der Waals surface area (Å²) in [4.78, 5) is 14.0. The highest BCUT2D eigenvalue weighted by Crippen LogP contribution is 2.31. The molecule has 0 bridgehead atoms. The lowest BCUT2D eigenvalue weighted by Gasteiger charge is -2.17. The maximum absolute atomic E-state index is 12.4. The molecule has 0 saturated heterocycles. The second-order valence-corrected chi connectivity index (χ2v) is 5.59. The van der Waals surface area contributed by atoms with Crippen LogP contribution in [0.4, 0.5) is 5.69 Å². The molecule has 0 radical (unpaired) electrons. The Balaban J connectivity index is 2.22. The van der Waals surface area contributed by atoms with Crippen molar-refractivity contribution in [1.29, 1.82) is 0 Å². The van der Waals surface area contributed by atoms with Crippen LogP contribution in [0.2, 0.25) is 5.02 Å². The molecule has 2 rings (SSSR count). The Morgan fingerprint density at radius 2 is 1.60 bits per heavy atom. The van der Waals surface area contributed by atoms with Crippen LogP contribution in [-0.4, -0.2) is 34.3 Å². The average Bonchev–Trinajstić information content (AvgIpc) is 2.64. The molecule has 2 aromatic rings. The molecule has 0 aliphatic heterocycles. The van der Waals surface area contributed by atoms with Gasteiger partial charge in [0.25, 0.3) is 5.91 Å². The summed E-state index contributed by atoms with van der Waals surface area (Å²) in [6.07, 6.45) is 3.13. The molecule has 0 heterocycles. The third kappa shape index (κ3) is 4.45. The fourth-order valence-corrected chi connectivity index (χ4v) is 2.45. The third-order valence-corrected chi connectivity index (χ3v) is 3.92. The number of amides is 1. The molecular weight excluding hydrogens is 342 g/mol. The summed E-state index contributed by atoms with van der Waals surface area (Å²) in [7, 11) is 6.36. The fourth-order valence-electron chi connectivity index (χ4n) is 2.27. The van der Waals surface area contributed by atoms with Crippen LogP contribution in [0.5, 0.6) is 17.2 Å². The molecule has 0 aliphatic carbocycles. The number of carbonyl (C=O) groups is 1. The first kappa shape index (κ1) is 18.7. The van der Waals surface area contributed by atoms with E-state index in [1.807, 2.05) is 0 Å². The first-order valence-corrected chi connectivity index (χ1v) is 7.89. The highest BCUT2D eigenvalue weighted by Gasteiger charge is 2.12. The quantitative estimate of drug-likeness (QED) is 0.728. The Labute approximate surface area is 152 Å². The summed E-state index contributed by atoms with van der Waals surface area (Å²) in [5.74, 6) is 1.60. The largest absolute Gasteiger partial charge is 0.496 e. The summed E-state index contributed by atoms with van der Waals surface area (Å²) < 4.78 is 15.7. The van der Waals surface area contributed by atoms with E-state index in [2.05, 4.69) is 0 Å². The number of carbonyl (C=O) groups excluding carboxylic acids is 1. The van der Waals surface area contributed by atoms with Crippen molar-refractivity contribution in [2.45, 2.75) is 0 Å². The smallest absolute Gasteiger partial charge is 0.250 e. The molecule has 6 heteroatoms. The highest BCUT2D eigenvalue weighted by atomic mass is 35.5. The van der Waals surface area contributed by atoms with Gasteiger partial charge in [0.15, 0.2) is 11.5 Å². The molecule has 5 nitrogen and oxygen atoms in total. The van der Waals surface area contributed by atoms with Crippen molar-refractivity contribution in [3.63, 3.8) is 0 Å².